The zero-order valence-electron chi connectivity index (χ0n) is 9.11. The number of nitrogens with one attached hydrogen (secondary N) is 1. The van der Waals surface area contributed by atoms with Gasteiger partial charge in [0, 0.05) is 13.2 Å². The molecular formula is C11H19N3O. The Labute approximate surface area is 90.5 Å². The van der Waals surface area contributed by atoms with Crippen molar-refractivity contribution in [3.8, 4) is 0 Å². The van der Waals surface area contributed by atoms with Crippen LogP contribution in [0.15, 0.2) is 18.3 Å². The van der Waals surface area contributed by atoms with E-state index in [0.717, 1.165) is 25.1 Å². The molecule has 0 aliphatic rings. The summed E-state index contributed by atoms with van der Waals surface area (Å²) in [5, 5.41) is 12.1. The molecule has 1 heterocycles. The van der Waals surface area contributed by atoms with Crippen LogP contribution in [0.4, 0.5) is 11.5 Å². The number of rotatable bonds is 6. The summed E-state index contributed by atoms with van der Waals surface area (Å²) in [4.78, 5) is 3.99. The zero-order valence-corrected chi connectivity index (χ0v) is 9.11. The average Bonchev–Trinajstić information content (AvgIpc) is 2.26. The monoisotopic (exact) mass is 209 g/mol. The number of pyridine rings is 1. The number of nitrogens with zero attached hydrogens (tertiary/aromatic N) is 1. The van der Waals surface area contributed by atoms with Crippen LogP contribution in [0.25, 0.3) is 0 Å². The van der Waals surface area contributed by atoms with Crippen molar-refractivity contribution >= 4 is 11.5 Å². The summed E-state index contributed by atoms with van der Waals surface area (Å²) in [6, 6.07) is 3.68. The molecule has 1 unspecified atom stereocenters. The topological polar surface area (TPSA) is 71.2 Å². The molecule has 0 bridgehead atoms. The standard InChI is InChI=1S/C11H19N3O/c1-2-9(5-6-15)7-13-10-3-4-11(12)14-8-10/h3-4,8-9,13,15H,2,5-7H2,1H3,(H2,12,14). The van der Waals surface area contributed by atoms with Gasteiger partial charge < -0.3 is 16.2 Å². The first-order chi connectivity index (χ1) is 7.26. The molecule has 4 heteroatoms. The van der Waals surface area contributed by atoms with E-state index in [2.05, 4.69) is 17.2 Å². The third-order valence-corrected chi connectivity index (χ3v) is 2.50. The second-order valence-corrected chi connectivity index (χ2v) is 3.64. The Kier molecular flexibility index (Phi) is 4.90. The second-order valence-electron chi connectivity index (χ2n) is 3.64. The highest BCUT2D eigenvalue weighted by Crippen LogP contribution is 2.11. The highest BCUT2D eigenvalue weighted by molar-refractivity contribution is 5.45. The Morgan fingerprint density at radius 3 is 2.87 bits per heavy atom. The fourth-order valence-electron chi connectivity index (χ4n) is 1.41. The lowest BCUT2D eigenvalue weighted by molar-refractivity contribution is 0.258. The molecule has 0 fully saturated rings. The van der Waals surface area contributed by atoms with Crippen LogP contribution in [-0.4, -0.2) is 23.2 Å². The Morgan fingerprint density at radius 1 is 1.53 bits per heavy atom. The van der Waals surface area contributed by atoms with Crippen molar-refractivity contribution in [3.63, 3.8) is 0 Å². The summed E-state index contributed by atoms with van der Waals surface area (Å²) in [6.45, 7) is 3.24. The summed E-state index contributed by atoms with van der Waals surface area (Å²) in [5.41, 5.74) is 6.46. The van der Waals surface area contributed by atoms with Crippen molar-refractivity contribution < 1.29 is 5.11 Å². The van der Waals surface area contributed by atoms with E-state index in [0.29, 0.717) is 11.7 Å². The summed E-state index contributed by atoms with van der Waals surface area (Å²) in [5.74, 6) is 1.04. The Hall–Kier alpha value is -1.29. The predicted molar refractivity (Wildman–Crippen MR) is 62.6 cm³/mol. The van der Waals surface area contributed by atoms with Crippen LogP contribution >= 0.6 is 0 Å². The maximum absolute atomic E-state index is 8.84. The number of hydrogen-bond acceptors (Lipinski definition) is 4. The molecule has 1 rings (SSSR count). The molecule has 0 radical (unpaired) electrons. The van der Waals surface area contributed by atoms with E-state index in [9.17, 15) is 0 Å². The van der Waals surface area contributed by atoms with Crippen molar-refractivity contribution in [2.45, 2.75) is 19.8 Å². The molecule has 0 saturated carbocycles. The minimum Gasteiger partial charge on any atom is -0.396 e. The van der Waals surface area contributed by atoms with Gasteiger partial charge in [0.2, 0.25) is 0 Å². The minimum atomic E-state index is 0.250. The van der Waals surface area contributed by atoms with Crippen LogP contribution in [0.2, 0.25) is 0 Å². The Morgan fingerprint density at radius 2 is 2.33 bits per heavy atom. The van der Waals surface area contributed by atoms with E-state index >= 15 is 0 Å². The van der Waals surface area contributed by atoms with Crippen molar-refractivity contribution in [1.29, 1.82) is 0 Å². The molecule has 1 aromatic rings. The highest BCUT2D eigenvalue weighted by Gasteiger charge is 2.04. The van der Waals surface area contributed by atoms with Crippen LogP contribution in [0, 0.1) is 5.92 Å². The van der Waals surface area contributed by atoms with Gasteiger partial charge in [-0.15, -0.1) is 0 Å². The molecule has 15 heavy (non-hydrogen) atoms. The average molecular weight is 209 g/mol. The summed E-state index contributed by atoms with van der Waals surface area (Å²) < 4.78 is 0. The van der Waals surface area contributed by atoms with Crippen molar-refractivity contribution in [3.05, 3.63) is 18.3 Å². The fraction of sp³-hybridized carbons (Fsp3) is 0.545. The summed E-state index contributed by atoms with van der Waals surface area (Å²) in [6.07, 6.45) is 3.63. The molecule has 0 saturated heterocycles. The maximum Gasteiger partial charge on any atom is 0.123 e. The minimum absolute atomic E-state index is 0.250. The molecule has 0 aliphatic carbocycles. The van der Waals surface area contributed by atoms with Crippen LogP contribution in [-0.2, 0) is 0 Å². The van der Waals surface area contributed by atoms with Gasteiger partial charge in [-0.2, -0.15) is 0 Å². The lowest BCUT2D eigenvalue weighted by atomic mass is 10.0. The molecule has 0 spiro atoms. The Bertz CT molecular complexity index is 274. The maximum atomic E-state index is 8.84. The number of nitrogen functional groups attached to an aromatic ring is 1. The van der Waals surface area contributed by atoms with E-state index in [1.165, 1.54) is 0 Å². The first-order valence-corrected chi connectivity index (χ1v) is 5.32. The van der Waals surface area contributed by atoms with Crippen LogP contribution < -0.4 is 11.1 Å². The molecule has 0 aliphatic heterocycles. The molecule has 4 N–H and O–H groups in total. The first-order valence-electron chi connectivity index (χ1n) is 5.32. The smallest absolute Gasteiger partial charge is 0.123 e. The van der Waals surface area contributed by atoms with Gasteiger partial charge in [-0.05, 0) is 24.5 Å². The molecular weight excluding hydrogens is 190 g/mol. The van der Waals surface area contributed by atoms with Gasteiger partial charge >= 0.3 is 0 Å². The number of aliphatic hydroxyl groups excluding tert-OH is 1. The van der Waals surface area contributed by atoms with E-state index in [4.69, 9.17) is 10.8 Å². The second kappa shape index (κ2) is 6.24. The number of nitrogens with two attached hydrogens (primary N) is 1. The normalized spacial score (nSPS) is 12.4. The van der Waals surface area contributed by atoms with Crippen LogP contribution in [0.1, 0.15) is 19.8 Å². The van der Waals surface area contributed by atoms with Gasteiger partial charge in [-0.25, -0.2) is 4.98 Å². The first kappa shape index (κ1) is 11.8. The number of anilines is 2. The van der Waals surface area contributed by atoms with Gasteiger partial charge in [-0.1, -0.05) is 13.3 Å². The van der Waals surface area contributed by atoms with Crippen molar-refractivity contribution in [2.75, 3.05) is 24.2 Å². The van der Waals surface area contributed by atoms with Crippen molar-refractivity contribution in [1.82, 2.24) is 4.98 Å². The number of hydrogen-bond donors (Lipinski definition) is 3. The molecule has 84 valence electrons. The summed E-state index contributed by atoms with van der Waals surface area (Å²) >= 11 is 0. The Balaban J connectivity index is 2.38. The third kappa shape index (κ3) is 4.16. The zero-order chi connectivity index (χ0) is 11.1. The largest absolute Gasteiger partial charge is 0.396 e. The molecule has 1 aromatic heterocycles. The quantitative estimate of drug-likeness (QED) is 0.663. The summed E-state index contributed by atoms with van der Waals surface area (Å²) in [7, 11) is 0. The van der Waals surface area contributed by atoms with Gasteiger partial charge in [0.05, 0.1) is 11.9 Å². The van der Waals surface area contributed by atoms with Crippen molar-refractivity contribution in [2.24, 2.45) is 5.92 Å². The van der Waals surface area contributed by atoms with E-state index < -0.39 is 0 Å². The van der Waals surface area contributed by atoms with Gasteiger partial charge in [0.15, 0.2) is 0 Å². The van der Waals surface area contributed by atoms with Gasteiger partial charge in [0.25, 0.3) is 0 Å². The van der Waals surface area contributed by atoms with Gasteiger partial charge in [0.1, 0.15) is 5.82 Å². The third-order valence-electron chi connectivity index (χ3n) is 2.50. The molecule has 1 atom stereocenters. The van der Waals surface area contributed by atoms with Gasteiger partial charge in [-0.3, -0.25) is 0 Å². The lowest BCUT2D eigenvalue weighted by Crippen LogP contribution is -2.15. The molecule has 4 nitrogen and oxygen atoms in total. The van der Waals surface area contributed by atoms with Crippen LogP contribution in [0.3, 0.4) is 0 Å². The molecule has 0 aromatic carbocycles. The van der Waals surface area contributed by atoms with E-state index in [1.54, 1.807) is 12.3 Å². The molecule has 0 amide bonds. The predicted octanol–water partition coefficient (Wildman–Crippen LogP) is 1.48. The highest BCUT2D eigenvalue weighted by atomic mass is 16.3. The van der Waals surface area contributed by atoms with Crippen LogP contribution in [0.5, 0.6) is 0 Å². The fourth-order valence-corrected chi connectivity index (χ4v) is 1.41. The van der Waals surface area contributed by atoms with E-state index in [1.807, 2.05) is 6.07 Å². The lowest BCUT2D eigenvalue weighted by Gasteiger charge is -2.14. The number of aliphatic hydroxyl groups is 1. The van der Waals surface area contributed by atoms with E-state index in [-0.39, 0.29) is 6.61 Å². The SMILES string of the molecule is CCC(CCO)CNc1ccc(N)nc1. The number of aromatic nitrogens is 1.